The molecule has 0 fully saturated rings. The number of hydrogen-bond acceptors (Lipinski definition) is 9. The molecule has 4 heterocycles. The Morgan fingerprint density at radius 3 is 2.88 bits per heavy atom. The Balaban J connectivity index is 1.54. The van der Waals surface area contributed by atoms with Crippen LogP contribution in [0.4, 0.5) is 5.82 Å². The molecule has 0 aliphatic carbocycles. The topological polar surface area (TPSA) is 108 Å². The predicted molar refractivity (Wildman–Crippen MR) is 134 cm³/mol. The Hall–Kier alpha value is -2.95. The van der Waals surface area contributed by atoms with Gasteiger partial charge in [-0.2, -0.15) is 0 Å². The largest absolute Gasteiger partial charge is 0.464 e. The summed E-state index contributed by atoms with van der Waals surface area (Å²) in [6, 6.07) is 8.08. The number of rotatable bonds is 7. The maximum absolute atomic E-state index is 6.14. The SMILES string of the molecule is CC(C)(C)CNCCn1c(Sc2cc3ncsc3cc2-c2ccco2)nc2c(N)ncnc21. The highest BCUT2D eigenvalue weighted by Gasteiger charge is 2.19. The second kappa shape index (κ2) is 8.77. The summed E-state index contributed by atoms with van der Waals surface area (Å²) >= 11 is 3.17. The summed E-state index contributed by atoms with van der Waals surface area (Å²) in [5.41, 5.74) is 11.5. The van der Waals surface area contributed by atoms with Crippen molar-refractivity contribution in [3.05, 3.63) is 42.4 Å². The van der Waals surface area contributed by atoms with Crippen molar-refractivity contribution in [3.63, 3.8) is 0 Å². The molecule has 1 aromatic carbocycles. The Bertz CT molecular complexity index is 1400. The maximum atomic E-state index is 6.14. The molecule has 0 bridgehead atoms. The number of aromatic nitrogens is 5. The molecule has 0 spiro atoms. The molecule has 0 unspecified atom stereocenters. The van der Waals surface area contributed by atoms with Crippen molar-refractivity contribution >= 4 is 50.3 Å². The number of nitrogens with one attached hydrogen (secondary N) is 1. The van der Waals surface area contributed by atoms with Gasteiger partial charge in [0.2, 0.25) is 0 Å². The van der Waals surface area contributed by atoms with Crippen LogP contribution >= 0.6 is 23.1 Å². The summed E-state index contributed by atoms with van der Waals surface area (Å²) in [5, 5.41) is 4.34. The number of fused-ring (bicyclic) bond motifs is 2. The lowest BCUT2D eigenvalue weighted by molar-refractivity contribution is 0.375. The van der Waals surface area contributed by atoms with Crippen molar-refractivity contribution in [1.82, 2.24) is 29.8 Å². The first-order chi connectivity index (χ1) is 15.9. The average Bonchev–Trinajstić information content (AvgIpc) is 3.51. The molecule has 5 rings (SSSR count). The van der Waals surface area contributed by atoms with Gasteiger partial charge in [0, 0.05) is 30.1 Å². The number of nitrogens with zero attached hydrogens (tertiary/aromatic N) is 5. The number of anilines is 1. The van der Waals surface area contributed by atoms with Crippen LogP contribution in [0, 0.1) is 5.41 Å². The molecule has 5 aromatic rings. The second-order valence-electron chi connectivity index (χ2n) is 8.96. The third-order valence-electron chi connectivity index (χ3n) is 5.11. The van der Waals surface area contributed by atoms with E-state index in [4.69, 9.17) is 15.1 Å². The van der Waals surface area contributed by atoms with Crippen LogP contribution in [0.5, 0.6) is 0 Å². The van der Waals surface area contributed by atoms with Crippen molar-refractivity contribution in [2.24, 2.45) is 5.41 Å². The van der Waals surface area contributed by atoms with Crippen molar-refractivity contribution in [3.8, 4) is 11.3 Å². The minimum atomic E-state index is 0.210. The van der Waals surface area contributed by atoms with Gasteiger partial charge in [-0.3, -0.25) is 0 Å². The summed E-state index contributed by atoms with van der Waals surface area (Å²) in [6.07, 6.45) is 3.18. The van der Waals surface area contributed by atoms with Crippen LogP contribution in [-0.2, 0) is 6.54 Å². The van der Waals surface area contributed by atoms with Gasteiger partial charge in [0.1, 0.15) is 12.1 Å². The van der Waals surface area contributed by atoms with E-state index in [-0.39, 0.29) is 5.41 Å². The lowest BCUT2D eigenvalue weighted by Gasteiger charge is -2.19. The highest BCUT2D eigenvalue weighted by Crippen LogP contribution is 2.40. The van der Waals surface area contributed by atoms with Gasteiger partial charge in [0.25, 0.3) is 0 Å². The summed E-state index contributed by atoms with van der Waals surface area (Å²) in [4.78, 5) is 19.0. The minimum Gasteiger partial charge on any atom is -0.464 e. The van der Waals surface area contributed by atoms with E-state index in [1.165, 1.54) is 6.33 Å². The monoisotopic (exact) mass is 479 g/mol. The lowest BCUT2D eigenvalue weighted by atomic mass is 9.97. The highest BCUT2D eigenvalue weighted by molar-refractivity contribution is 7.99. The fraction of sp³-hybridized carbons (Fsp3) is 0.304. The van der Waals surface area contributed by atoms with Gasteiger partial charge in [-0.15, -0.1) is 11.3 Å². The lowest BCUT2D eigenvalue weighted by Crippen LogP contribution is -2.29. The number of nitrogen functional groups attached to an aromatic ring is 1. The standard InChI is InChI=1S/C23H25N7OS2/c1-23(2,3)11-25-6-7-30-21-19(20(24)26-12-27-21)29-22(30)33-17-10-15-18(32-13-28-15)9-14(17)16-5-4-8-31-16/h4-5,8-10,12-13,25H,6-7,11H2,1-3H3,(H2,24,26,27). The van der Waals surface area contributed by atoms with E-state index in [9.17, 15) is 0 Å². The molecule has 10 heteroatoms. The Kier molecular flexibility index (Phi) is 5.81. The first-order valence-electron chi connectivity index (χ1n) is 10.7. The van der Waals surface area contributed by atoms with Crippen LogP contribution in [0.2, 0.25) is 0 Å². The fourth-order valence-corrected chi connectivity index (χ4v) is 5.32. The van der Waals surface area contributed by atoms with E-state index in [0.29, 0.717) is 17.9 Å². The van der Waals surface area contributed by atoms with Crippen molar-refractivity contribution in [2.75, 3.05) is 18.8 Å². The molecule has 4 aromatic heterocycles. The average molecular weight is 480 g/mol. The van der Waals surface area contributed by atoms with Crippen LogP contribution in [0.25, 0.3) is 32.7 Å². The van der Waals surface area contributed by atoms with E-state index >= 15 is 0 Å². The first kappa shape index (κ1) is 21.9. The summed E-state index contributed by atoms with van der Waals surface area (Å²) in [6.45, 7) is 9.06. The number of hydrogen-bond donors (Lipinski definition) is 2. The molecule has 3 N–H and O–H groups in total. The van der Waals surface area contributed by atoms with Gasteiger partial charge < -0.3 is 20.0 Å². The molecule has 8 nitrogen and oxygen atoms in total. The van der Waals surface area contributed by atoms with Crippen LogP contribution in [0.1, 0.15) is 20.8 Å². The molecule has 0 radical (unpaired) electrons. The minimum absolute atomic E-state index is 0.210. The first-order valence-corrected chi connectivity index (χ1v) is 12.3. The van der Waals surface area contributed by atoms with Crippen molar-refractivity contribution < 1.29 is 4.42 Å². The molecule has 170 valence electrons. The number of imidazole rings is 1. The molecule has 0 atom stereocenters. The smallest absolute Gasteiger partial charge is 0.175 e. The van der Waals surface area contributed by atoms with E-state index in [2.05, 4.69) is 57.7 Å². The molecule has 0 amide bonds. The normalized spacial score (nSPS) is 12.2. The van der Waals surface area contributed by atoms with Crippen molar-refractivity contribution in [1.29, 1.82) is 0 Å². The van der Waals surface area contributed by atoms with E-state index in [0.717, 1.165) is 50.3 Å². The zero-order chi connectivity index (χ0) is 23.0. The van der Waals surface area contributed by atoms with Gasteiger partial charge in [-0.25, -0.2) is 19.9 Å². The molecule has 0 saturated carbocycles. The summed E-state index contributed by atoms with van der Waals surface area (Å²) < 4.78 is 8.95. The van der Waals surface area contributed by atoms with Crippen LogP contribution in [0.3, 0.4) is 0 Å². The molecule has 33 heavy (non-hydrogen) atoms. The maximum Gasteiger partial charge on any atom is 0.175 e. The van der Waals surface area contributed by atoms with Crippen molar-refractivity contribution in [2.45, 2.75) is 37.4 Å². The zero-order valence-corrected chi connectivity index (χ0v) is 20.3. The van der Waals surface area contributed by atoms with E-state index in [1.807, 2.05) is 17.6 Å². The molecule has 0 saturated heterocycles. The third-order valence-corrected chi connectivity index (χ3v) is 6.96. The quantitative estimate of drug-likeness (QED) is 0.312. The van der Waals surface area contributed by atoms with Gasteiger partial charge in [0.05, 0.1) is 22.0 Å². The number of thiazole rings is 1. The van der Waals surface area contributed by atoms with Crippen LogP contribution < -0.4 is 11.1 Å². The van der Waals surface area contributed by atoms with Gasteiger partial charge in [0.15, 0.2) is 22.1 Å². The molecular formula is C23H25N7OS2. The van der Waals surface area contributed by atoms with Gasteiger partial charge in [-0.1, -0.05) is 32.5 Å². The Labute approximate surface area is 199 Å². The molecular weight excluding hydrogens is 454 g/mol. The Morgan fingerprint density at radius 1 is 1.21 bits per heavy atom. The summed E-state index contributed by atoms with van der Waals surface area (Å²) in [7, 11) is 0. The van der Waals surface area contributed by atoms with Crippen LogP contribution in [0.15, 0.2) is 56.8 Å². The van der Waals surface area contributed by atoms with E-state index in [1.54, 1.807) is 29.4 Å². The molecule has 0 aliphatic heterocycles. The van der Waals surface area contributed by atoms with Gasteiger partial charge in [-0.05, 0) is 29.7 Å². The third kappa shape index (κ3) is 4.59. The summed E-state index contributed by atoms with van der Waals surface area (Å²) in [5.74, 6) is 1.19. The van der Waals surface area contributed by atoms with Crippen LogP contribution in [-0.4, -0.2) is 37.6 Å². The zero-order valence-electron chi connectivity index (χ0n) is 18.7. The number of furan rings is 1. The Morgan fingerprint density at radius 2 is 2.09 bits per heavy atom. The van der Waals surface area contributed by atoms with Gasteiger partial charge >= 0.3 is 0 Å². The van der Waals surface area contributed by atoms with E-state index < -0.39 is 0 Å². The number of benzene rings is 1. The highest BCUT2D eigenvalue weighted by atomic mass is 32.2. The second-order valence-corrected chi connectivity index (χ2v) is 10.9. The predicted octanol–water partition coefficient (Wildman–Crippen LogP) is 5.07. The number of nitrogens with two attached hydrogens (primary N) is 1. The fourth-order valence-electron chi connectivity index (χ4n) is 3.56. The molecule has 0 aliphatic rings.